The van der Waals surface area contributed by atoms with E-state index in [1.54, 1.807) is 41.3 Å². The second-order valence-corrected chi connectivity index (χ2v) is 6.95. The van der Waals surface area contributed by atoms with Crippen molar-refractivity contribution < 1.29 is 28.5 Å². The molecule has 29 heavy (non-hydrogen) atoms. The number of anilines is 1. The van der Waals surface area contributed by atoms with E-state index < -0.39 is 11.9 Å². The van der Waals surface area contributed by atoms with Crippen LogP contribution >= 0.6 is 0 Å². The average molecular weight is 397 g/mol. The fraction of sp³-hybridized carbons (Fsp3) is 0.364. The molecule has 0 aliphatic carbocycles. The minimum atomic E-state index is -0.546. The van der Waals surface area contributed by atoms with E-state index >= 15 is 0 Å². The van der Waals surface area contributed by atoms with Crippen molar-refractivity contribution in [3.63, 3.8) is 0 Å². The second kappa shape index (κ2) is 8.43. The Morgan fingerprint density at radius 3 is 2.66 bits per heavy atom. The summed E-state index contributed by atoms with van der Waals surface area (Å²) in [6, 6.07) is 12.4. The molecule has 0 N–H and O–H groups in total. The van der Waals surface area contributed by atoms with Crippen molar-refractivity contribution >= 4 is 17.6 Å². The largest absolute Gasteiger partial charge is 0.490 e. The maximum absolute atomic E-state index is 12.7. The number of amides is 1. The first-order valence-corrected chi connectivity index (χ1v) is 9.79. The van der Waals surface area contributed by atoms with Crippen LogP contribution in [0.3, 0.4) is 0 Å². The van der Waals surface area contributed by atoms with Crippen molar-refractivity contribution in [3.8, 4) is 23.0 Å². The van der Waals surface area contributed by atoms with Gasteiger partial charge in [-0.25, -0.2) is 0 Å². The van der Waals surface area contributed by atoms with Crippen LogP contribution in [0.1, 0.15) is 19.8 Å². The third-order valence-electron chi connectivity index (χ3n) is 4.82. The number of rotatable bonds is 6. The summed E-state index contributed by atoms with van der Waals surface area (Å²) < 4.78 is 22.3. The molecule has 1 saturated heterocycles. The number of carbonyl (C=O) groups is 2. The first kappa shape index (κ1) is 19.1. The molecule has 4 rings (SSSR count). The Kier molecular flexibility index (Phi) is 5.55. The normalized spacial score (nSPS) is 17.9. The topological polar surface area (TPSA) is 74.3 Å². The fourth-order valence-electron chi connectivity index (χ4n) is 3.37. The lowest BCUT2D eigenvalue weighted by atomic mass is 10.1. The van der Waals surface area contributed by atoms with Gasteiger partial charge < -0.3 is 23.8 Å². The standard InChI is InChI=1S/C22H23NO6/c1-2-9-26-17-5-3-4-6-19(17)29-22(25)15-12-21(24)23(14-15)16-7-8-18-20(13-16)28-11-10-27-18/h3-8,13,15H,2,9-12,14H2,1H3. The minimum absolute atomic E-state index is 0.102. The minimum Gasteiger partial charge on any atom is -0.490 e. The molecule has 0 spiro atoms. The van der Waals surface area contributed by atoms with Crippen molar-refractivity contribution in [2.75, 3.05) is 31.3 Å². The van der Waals surface area contributed by atoms with Crippen molar-refractivity contribution in [2.45, 2.75) is 19.8 Å². The van der Waals surface area contributed by atoms with Gasteiger partial charge in [0.05, 0.1) is 12.5 Å². The smallest absolute Gasteiger partial charge is 0.316 e. The Labute approximate surface area is 169 Å². The summed E-state index contributed by atoms with van der Waals surface area (Å²) in [5, 5.41) is 0. The van der Waals surface area contributed by atoms with Crippen LogP contribution in [0.15, 0.2) is 42.5 Å². The van der Waals surface area contributed by atoms with Gasteiger partial charge in [-0.3, -0.25) is 9.59 Å². The number of esters is 1. The van der Waals surface area contributed by atoms with Crippen LogP contribution in [0.2, 0.25) is 0 Å². The molecule has 0 bridgehead atoms. The van der Waals surface area contributed by atoms with Crippen LogP contribution in [0, 0.1) is 5.92 Å². The van der Waals surface area contributed by atoms with Gasteiger partial charge in [-0.15, -0.1) is 0 Å². The molecule has 1 unspecified atom stereocenters. The second-order valence-electron chi connectivity index (χ2n) is 6.95. The molecule has 7 nitrogen and oxygen atoms in total. The van der Waals surface area contributed by atoms with Gasteiger partial charge in [0.15, 0.2) is 23.0 Å². The van der Waals surface area contributed by atoms with Gasteiger partial charge in [0.1, 0.15) is 13.2 Å². The predicted molar refractivity (Wildman–Crippen MR) is 106 cm³/mol. The summed E-state index contributed by atoms with van der Waals surface area (Å²) in [5.74, 6) is 1.05. The van der Waals surface area contributed by atoms with E-state index in [1.807, 2.05) is 13.0 Å². The zero-order valence-corrected chi connectivity index (χ0v) is 16.3. The summed E-state index contributed by atoms with van der Waals surface area (Å²) in [7, 11) is 0. The maximum Gasteiger partial charge on any atom is 0.316 e. The van der Waals surface area contributed by atoms with Crippen molar-refractivity contribution in [3.05, 3.63) is 42.5 Å². The van der Waals surface area contributed by atoms with Gasteiger partial charge in [0.2, 0.25) is 5.91 Å². The Balaban J connectivity index is 1.45. The number of benzene rings is 2. The van der Waals surface area contributed by atoms with Crippen molar-refractivity contribution in [1.29, 1.82) is 0 Å². The molecule has 2 aliphatic heterocycles. The number of ether oxygens (including phenoxy) is 4. The van der Waals surface area contributed by atoms with Gasteiger partial charge in [-0.2, -0.15) is 0 Å². The van der Waals surface area contributed by atoms with E-state index in [4.69, 9.17) is 18.9 Å². The van der Waals surface area contributed by atoms with Gasteiger partial charge in [-0.05, 0) is 30.7 Å². The Bertz CT molecular complexity index is 912. The number of fused-ring (bicyclic) bond motifs is 1. The van der Waals surface area contributed by atoms with Gasteiger partial charge >= 0.3 is 5.97 Å². The van der Waals surface area contributed by atoms with Crippen LogP contribution in [-0.2, 0) is 9.59 Å². The van der Waals surface area contributed by atoms with Gasteiger partial charge in [-0.1, -0.05) is 19.1 Å². The molecule has 7 heteroatoms. The molecular formula is C22H23NO6. The predicted octanol–water partition coefficient (Wildman–Crippen LogP) is 3.21. The number of hydrogen-bond acceptors (Lipinski definition) is 6. The molecular weight excluding hydrogens is 374 g/mol. The first-order chi connectivity index (χ1) is 14.2. The highest BCUT2D eigenvalue weighted by atomic mass is 16.6. The lowest BCUT2D eigenvalue weighted by Gasteiger charge is -2.22. The molecule has 152 valence electrons. The van der Waals surface area contributed by atoms with Crippen molar-refractivity contribution in [2.24, 2.45) is 5.92 Å². The fourth-order valence-corrected chi connectivity index (χ4v) is 3.37. The van der Waals surface area contributed by atoms with Crippen LogP contribution in [-0.4, -0.2) is 38.2 Å². The van der Waals surface area contributed by atoms with Crippen molar-refractivity contribution in [1.82, 2.24) is 0 Å². The molecule has 0 aromatic heterocycles. The van der Waals surface area contributed by atoms with Crippen LogP contribution in [0.4, 0.5) is 5.69 Å². The molecule has 1 atom stereocenters. The molecule has 2 aromatic rings. The lowest BCUT2D eigenvalue weighted by molar-refractivity contribution is -0.139. The maximum atomic E-state index is 12.7. The molecule has 2 heterocycles. The van der Waals surface area contributed by atoms with Crippen LogP contribution < -0.4 is 23.8 Å². The quantitative estimate of drug-likeness (QED) is 0.551. The number of para-hydroxylation sites is 2. The highest BCUT2D eigenvalue weighted by Crippen LogP contribution is 2.36. The Morgan fingerprint density at radius 1 is 1.10 bits per heavy atom. The Hall–Kier alpha value is -3.22. The third kappa shape index (κ3) is 4.13. The SMILES string of the molecule is CCCOc1ccccc1OC(=O)C1CC(=O)N(c2ccc3c(c2)OCCO3)C1. The zero-order chi connectivity index (χ0) is 20.2. The van der Waals surface area contributed by atoms with Gasteiger partial charge in [0.25, 0.3) is 0 Å². The van der Waals surface area contributed by atoms with Crippen LogP contribution in [0.25, 0.3) is 0 Å². The average Bonchev–Trinajstić information content (AvgIpc) is 3.14. The molecule has 0 saturated carbocycles. The van der Waals surface area contributed by atoms with E-state index in [1.165, 1.54) is 0 Å². The number of hydrogen-bond donors (Lipinski definition) is 0. The zero-order valence-electron chi connectivity index (χ0n) is 16.3. The Morgan fingerprint density at radius 2 is 1.86 bits per heavy atom. The van der Waals surface area contributed by atoms with E-state index in [-0.39, 0.29) is 18.9 Å². The molecule has 1 fully saturated rings. The first-order valence-electron chi connectivity index (χ1n) is 9.79. The van der Waals surface area contributed by atoms with E-state index in [2.05, 4.69) is 0 Å². The lowest BCUT2D eigenvalue weighted by Crippen LogP contribution is -2.27. The molecule has 2 aliphatic rings. The monoisotopic (exact) mass is 397 g/mol. The third-order valence-corrected chi connectivity index (χ3v) is 4.82. The summed E-state index contributed by atoms with van der Waals surface area (Å²) >= 11 is 0. The summed E-state index contributed by atoms with van der Waals surface area (Å²) in [5.41, 5.74) is 0.682. The number of nitrogens with zero attached hydrogens (tertiary/aromatic N) is 1. The summed E-state index contributed by atoms with van der Waals surface area (Å²) in [6.07, 6.45) is 0.954. The highest BCUT2D eigenvalue weighted by Gasteiger charge is 2.37. The number of carbonyl (C=O) groups excluding carboxylic acids is 2. The summed E-state index contributed by atoms with van der Waals surface area (Å²) in [4.78, 5) is 26.8. The molecule has 2 aromatic carbocycles. The highest BCUT2D eigenvalue weighted by molar-refractivity contribution is 6.00. The van der Waals surface area contributed by atoms with Crippen LogP contribution in [0.5, 0.6) is 23.0 Å². The van der Waals surface area contributed by atoms with E-state index in [9.17, 15) is 9.59 Å². The van der Waals surface area contributed by atoms with Gasteiger partial charge in [0, 0.05) is 24.7 Å². The molecule has 0 radical (unpaired) electrons. The van der Waals surface area contributed by atoms with E-state index in [0.29, 0.717) is 48.5 Å². The van der Waals surface area contributed by atoms with E-state index in [0.717, 1.165) is 6.42 Å². The summed E-state index contributed by atoms with van der Waals surface area (Å²) in [6.45, 7) is 3.78. The molecule has 1 amide bonds.